The number of amides is 4. The van der Waals surface area contributed by atoms with Crippen LogP contribution in [0.15, 0.2) is 82.6 Å². The van der Waals surface area contributed by atoms with Crippen LogP contribution in [-0.4, -0.2) is 45.8 Å². The first kappa shape index (κ1) is 29.1. The second-order valence-electron chi connectivity index (χ2n) is 10.4. The minimum absolute atomic E-state index is 0.00138. The molecule has 3 aromatic rings. The highest BCUT2D eigenvalue weighted by atomic mass is 32.2. The average Bonchev–Trinajstić information content (AvgIpc) is 3.35. The Balaban J connectivity index is 1.13. The zero-order chi connectivity index (χ0) is 30.1. The normalized spacial score (nSPS) is 19.0. The van der Waals surface area contributed by atoms with Crippen molar-refractivity contribution in [2.24, 2.45) is 0 Å². The number of urea groups is 1. The predicted molar refractivity (Wildman–Crippen MR) is 174 cm³/mol. The Morgan fingerprint density at radius 2 is 1.91 bits per heavy atom. The molecule has 218 valence electrons. The molecule has 11 heteroatoms. The molecule has 0 saturated carbocycles. The van der Waals surface area contributed by atoms with Gasteiger partial charge in [-0.25, -0.2) is 4.79 Å². The highest BCUT2D eigenvalue weighted by molar-refractivity contribution is 8.00. The number of carbonyl (C=O) groups is 3. The summed E-state index contributed by atoms with van der Waals surface area (Å²) in [5.41, 5.74) is 2.92. The molecule has 3 atom stereocenters. The first-order valence-electron chi connectivity index (χ1n) is 13.9. The zero-order valence-electron chi connectivity index (χ0n) is 23.6. The highest BCUT2D eigenvalue weighted by Crippen LogP contribution is 2.44. The van der Waals surface area contributed by atoms with Gasteiger partial charge in [-0.05, 0) is 49.2 Å². The van der Waals surface area contributed by atoms with Crippen LogP contribution in [0, 0.1) is 11.3 Å². The number of para-hydroxylation sites is 1. The summed E-state index contributed by atoms with van der Waals surface area (Å²) in [5.74, 6) is -0.220. The van der Waals surface area contributed by atoms with Gasteiger partial charge < -0.3 is 15.5 Å². The van der Waals surface area contributed by atoms with Crippen molar-refractivity contribution < 1.29 is 14.4 Å². The summed E-state index contributed by atoms with van der Waals surface area (Å²) in [6.45, 7) is 4.38. The number of nitrogens with zero attached hydrogens (tertiary/aromatic N) is 3. The molecule has 3 unspecified atom stereocenters. The van der Waals surface area contributed by atoms with Gasteiger partial charge in [0, 0.05) is 33.8 Å². The van der Waals surface area contributed by atoms with Crippen molar-refractivity contribution in [3.8, 4) is 6.07 Å². The van der Waals surface area contributed by atoms with Gasteiger partial charge in [0.25, 0.3) is 0 Å². The number of rotatable bonds is 5. The molecule has 2 aliphatic heterocycles. The van der Waals surface area contributed by atoms with Crippen LogP contribution in [0.25, 0.3) is 0 Å². The third-order valence-corrected chi connectivity index (χ3v) is 11.1. The predicted octanol–water partition coefficient (Wildman–Crippen LogP) is 6.65. The Morgan fingerprint density at radius 3 is 2.72 bits per heavy atom. The molecule has 1 aliphatic carbocycles. The summed E-state index contributed by atoms with van der Waals surface area (Å²) in [6.07, 6.45) is 8.78. The van der Waals surface area contributed by atoms with Crippen molar-refractivity contribution >= 4 is 69.1 Å². The maximum Gasteiger partial charge on any atom is 0.326 e. The summed E-state index contributed by atoms with van der Waals surface area (Å²) in [5, 5.41) is 16.0. The number of nitrogens with one attached hydrogen (secondary N) is 2. The van der Waals surface area contributed by atoms with E-state index < -0.39 is 5.25 Å². The summed E-state index contributed by atoms with van der Waals surface area (Å²) in [6, 6.07) is 17.3. The summed E-state index contributed by atoms with van der Waals surface area (Å²) in [7, 11) is 0. The second kappa shape index (κ2) is 12.3. The SMILES string of the molecule is CC(=O)N1CCc2c(sc(NC(=O)C(C)Sc3cccc(NC(=O)N4c5ccccc5SC5C=CC=CC54)c3)c2C#N)C1. The number of hydrogen-bond donors (Lipinski definition) is 2. The van der Waals surface area contributed by atoms with E-state index in [0.29, 0.717) is 35.8 Å². The molecule has 8 nitrogen and oxygen atoms in total. The maximum atomic E-state index is 13.7. The number of anilines is 3. The fourth-order valence-corrected chi connectivity index (χ4v) is 8.81. The molecule has 4 amide bonds. The molecule has 0 saturated heterocycles. The van der Waals surface area contributed by atoms with E-state index >= 15 is 0 Å². The van der Waals surface area contributed by atoms with E-state index in [2.05, 4.69) is 28.9 Å². The fourth-order valence-electron chi connectivity index (χ4n) is 5.41. The van der Waals surface area contributed by atoms with Crippen LogP contribution in [0.1, 0.15) is 29.9 Å². The number of thiophene rings is 1. The van der Waals surface area contributed by atoms with Gasteiger partial charge in [-0.15, -0.1) is 34.9 Å². The van der Waals surface area contributed by atoms with Crippen LogP contribution in [0.5, 0.6) is 0 Å². The number of fused-ring (bicyclic) bond motifs is 3. The average molecular weight is 628 g/mol. The van der Waals surface area contributed by atoms with E-state index in [-0.39, 0.29) is 29.1 Å². The first-order valence-corrected chi connectivity index (χ1v) is 16.5. The fraction of sp³-hybridized carbons (Fsp3) is 0.250. The Morgan fingerprint density at radius 1 is 1.09 bits per heavy atom. The lowest BCUT2D eigenvalue weighted by Crippen LogP contribution is -2.49. The largest absolute Gasteiger partial charge is 0.337 e. The molecule has 2 aromatic carbocycles. The molecule has 0 fully saturated rings. The molecule has 0 radical (unpaired) electrons. The number of hydrogen-bond acceptors (Lipinski definition) is 7. The summed E-state index contributed by atoms with van der Waals surface area (Å²) in [4.78, 5) is 45.1. The molecule has 0 spiro atoms. The van der Waals surface area contributed by atoms with Gasteiger partial charge in [-0.3, -0.25) is 14.5 Å². The Hall–Kier alpha value is -3.98. The van der Waals surface area contributed by atoms with E-state index in [1.54, 1.807) is 23.6 Å². The third kappa shape index (κ3) is 5.95. The van der Waals surface area contributed by atoms with E-state index in [0.717, 1.165) is 25.9 Å². The molecule has 1 aromatic heterocycles. The number of nitriles is 1. The Bertz CT molecular complexity index is 1710. The number of thioether (sulfide) groups is 2. The van der Waals surface area contributed by atoms with E-state index in [9.17, 15) is 19.6 Å². The van der Waals surface area contributed by atoms with Crippen LogP contribution in [-0.2, 0) is 22.6 Å². The summed E-state index contributed by atoms with van der Waals surface area (Å²) < 4.78 is 0. The quantitative estimate of drug-likeness (QED) is 0.307. The summed E-state index contributed by atoms with van der Waals surface area (Å²) >= 11 is 4.50. The smallest absolute Gasteiger partial charge is 0.326 e. The van der Waals surface area contributed by atoms with Crippen molar-refractivity contribution in [1.29, 1.82) is 5.26 Å². The second-order valence-corrected chi connectivity index (χ2v) is 14.1. The van der Waals surface area contributed by atoms with Gasteiger partial charge >= 0.3 is 6.03 Å². The molecule has 2 N–H and O–H groups in total. The molecular weight excluding hydrogens is 599 g/mol. The van der Waals surface area contributed by atoms with Crippen LogP contribution < -0.4 is 15.5 Å². The van der Waals surface area contributed by atoms with E-state index in [1.165, 1.54) is 23.1 Å². The minimum atomic E-state index is -0.462. The number of benzene rings is 2. The Labute approximate surface area is 262 Å². The number of allylic oxidation sites excluding steroid dienone is 2. The molecule has 0 bridgehead atoms. The lowest BCUT2D eigenvalue weighted by Gasteiger charge is -2.40. The Kier molecular flexibility index (Phi) is 8.34. The van der Waals surface area contributed by atoms with Crippen LogP contribution >= 0.6 is 34.9 Å². The van der Waals surface area contributed by atoms with Crippen LogP contribution in [0.3, 0.4) is 0 Å². The zero-order valence-corrected chi connectivity index (χ0v) is 26.0. The number of carbonyl (C=O) groups excluding carboxylic acids is 3. The van der Waals surface area contributed by atoms with Crippen LogP contribution in [0.4, 0.5) is 21.2 Å². The third-order valence-electron chi connectivity index (χ3n) is 7.58. The van der Waals surface area contributed by atoms with Crippen molar-refractivity contribution in [2.75, 3.05) is 22.1 Å². The topological polar surface area (TPSA) is 106 Å². The highest BCUT2D eigenvalue weighted by Gasteiger charge is 2.36. The van der Waals surface area contributed by atoms with Gasteiger partial charge in [0.05, 0.1) is 34.3 Å². The van der Waals surface area contributed by atoms with Crippen LogP contribution in [0.2, 0.25) is 0 Å². The monoisotopic (exact) mass is 627 g/mol. The van der Waals surface area contributed by atoms with Gasteiger partial charge in [0.1, 0.15) is 11.1 Å². The van der Waals surface area contributed by atoms with Gasteiger partial charge in [0.15, 0.2) is 0 Å². The lowest BCUT2D eigenvalue weighted by molar-refractivity contribution is -0.129. The van der Waals surface area contributed by atoms with Crippen molar-refractivity contribution in [3.05, 3.63) is 88.8 Å². The lowest BCUT2D eigenvalue weighted by atomic mass is 10.0. The standard InChI is InChI=1S/C32H29N5O3S3/c1-19(30(39)35-31-24(17-33)23-14-15-36(20(2)38)18-29(23)43-31)41-22-9-7-8-21(16-22)34-32(40)37-25-10-3-5-12-27(25)42-28-13-6-4-11-26(28)37/h3-13,16,19,25,27H,14-15,18H2,1-2H3,(H,34,40)(H,35,39). The molecular formula is C32H29N5O3S3. The molecule has 3 heterocycles. The maximum absolute atomic E-state index is 13.7. The van der Waals surface area contributed by atoms with Crippen molar-refractivity contribution in [1.82, 2.24) is 4.90 Å². The first-order chi connectivity index (χ1) is 20.8. The van der Waals surface area contributed by atoms with Gasteiger partial charge in [0.2, 0.25) is 11.8 Å². The van der Waals surface area contributed by atoms with Gasteiger partial charge in [-0.1, -0.05) is 42.5 Å². The molecule has 43 heavy (non-hydrogen) atoms. The van der Waals surface area contributed by atoms with Gasteiger partial charge in [-0.2, -0.15) is 5.26 Å². The van der Waals surface area contributed by atoms with E-state index in [1.807, 2.05) is 72.5 Å². The van der Waals surface area contributed by atoms with Crippen molar-refractivity contribution in [3.63, 3.8) is 0 Å². The van der Waals surface area contributed by atoms with E-state index in [4.69, 9.17) is 0 Å². The minimum Gasteiger partial charge on any atom is -0.337 e. The van der Waals surface area contributed by atoms with Crippen molar-refractivity contribution in [2.45, 2.75) is 53.1 Å². The molecule has 3 aliphatic rings. The molecule has 6 rings (SSSR count).